The van der Waals surface area contributed by atoms with Gasteiger partial charge in [0.2, 0.25) is 0 Å². The summed E-state index contributed by atoms with van der Waals surface area (Å²) in [6.07, 6.45) is 1.02. The molecule has 1 heterocycles. The molecule has 0 N–H and O–H groups in total. The molecule has 0 aromatic heterocycles. The molecular formula is C14H17F2NO2. The molecule has 2 atom stereocenters. The van der Waals surface area contributed by atoms with E-state index in [1.165, 1.54) is 6.07 Å². The fourth-order valence-corrected chi connectivity index (χ4v) is 2.35. The van der Waals surface area contributed by atoms with Gasteiger partial charge in [-0.15, -0.1) is 0 Å². The monoisotopic (exact) mass is 269 g/mol. The zero-order valence-corrected chi connectivity index (χ0v) is 11.0. The van der Waals surface area contributed by atoms with Crippen molar-refractivity contribution in [1.29, 1.82) is 0 Å². The van der Waals surface area contributed by atoms with Crippen molar-refractivity contribution in [3.05, 3.63) is 35.4 Å². The van der Waals surface area contributed by atoms with Crippen molar-refractivity contribution < 1.29 is 18.3 Å². The highest BCUT2D eigenvalue weighted by Crippen LogP contribution is 2.18. The van der Waals surface area contributed by atoms with E-state index in [1.807, 2.05) is 4.90 Å². The van der Waals surface area contributed by atoms with Gasteiger partial charge in [-0.3, -0.25) is 9.69 Å². The van der Waals surface area contributed by atoms with Crippen LogP contribution in [0.25, 0.3) is 0 Å². The number of methoxy groups -OCH3 is 1. The number of benzene rings is 1. The maximum atomic E-state index is 13.1. The molecule has 0 amide bonds. The molecule has 2 rings (SSSR count). The van der Waals surface area contributed by atoms with Crippen molar-refractivity contribution >= 4 is 5.78 Å². The standard InChI is InChI=1S/C14H17F2NO2/c1-9(17-6-5-11(8-17)19-2)14(18)10-3-4-12(15)13(16)7-10/h3-4,7,9,11H,5-6,8H2,1-2H3. The minimum absolute atomic E-state index is 0.139. The summed E-state index contributed by atoms with van der Waals surface area (Å²) in [5.41, 5.74) is 0.201. The number of hydrogen-bond acceptors (Lipinski definition) is 3. The zero-order chi connectivity index (χ0) is 14.0. The lowest BCUT2D eigenvalue weighted by Crippen LogP contribution is -2.38. The Labute approximate surface area is 111 Å². The Kier molecular flexibility index (Phi) is 4.27. The Balaban J connectivity index is 2.08. The Morgan fingerprint density at radius 3 is 2.74 bits per heavy atom. The molecule has 0 aliphatic carbocycles. The van der Waals surface area contributed by atoms with Crippen LogP contribution in [0.2, 0.25) is 0 Å². The molecule has 1 fully saturated rings. The summed E-state index contributed by atoms with van der Waals surface area (Å²) in [4.78, 5) is 14.2. The number of ether oxygens (including phenoxy) is 1. The summed E-state index contributed by atoms with van der Waals surface area (Å²) in [5, 5.41) is 0. The van der Waals surface area contributed by atoms with Crippen LogP contribution in [0.4, 0.5) is 8.78 Å². The molecule has 5 heteroatoms. The summed E-state index contributed by atoms with van der Waals surface area (Å²) in [6.45, 7) is 3.24. The van der Waals surface area contributed by atoms with E-state index < -0.39 is 11.6 Å². The van der Waals surface area contributed by atoms with Crippen LogP contribution in [0.3, 0.4) is 0 Å². The second-order valence-electron chi connectivity index (χ2n) is 4.81. The molecule has 19 heavy (non-hydrogen) atoms. The highest BCUT2D eigenvalue weighted by atomic mass is 19.2. The SMILES string of the molecule is COC1CCN(C(C)C(=O)c2ccc(F)c(F)c2)C1. The summed E-state index contributed by atoms with van der Waals surface area (Å²) in [6, 6.07) is 2.90. The van der Waals surface area contributed by atoms with Crippen molar-refractivity contribution in [2.75, 3.05) is 20.2 Å². The highest BCUT2D eigenvalue weighted by molar-refractivity contribution is 5.99. The van der Waals surface area contributed by atoms with Crippen molar-refractivity contribution in [1.82, 2.24) is 4.90 Å². The van der Waals surface area contributed by atoms with Crippen LogP contribution in [-0.4, -0.2) is 43.0 Å². The highest BCUT2D eigenvalue weighted by Gasteiger charge is 2.30. The van der Waals surface area contributed by atoms with Crippen LogP contribution in [0.1, 0.15) is 23.7 Å². The van der Waals surface area contributed by atoms with Gasteiger partial charge >= 0.3 is 0 Å². The fraction of sp³-hybridized carbons (Fsp3) is 0.500. The van der Waals surface area contributed by atoms with Crippen LogP contribution in [0.15, 0.2) is 18.2 Å². The number of rotatable bonds is 4. The quantitative estimate of drug-likeness (QED) is 0.785. The molecular weight excluding hydrogens is 252 g/mol. The molecule has 0 saturated carbocycles. The third-order valence-corrected chi connectivity index (χ3v) is 3.64. The number of hydrogen-bond donors (Lipinski definition) is 0. The molecule has 1 aliphatic rings. The lowest BCUT2D eigenvalue weighted by molar-refractivity contribution is 0.0800. The first-order chi connectivity index (χ1) is 9.02. The van der Waals surface area contributed by atoms with Crippen LogP contribution in [0, 0.1) is 11.6 Å². The number of nitrogens with zero attached hydrogens (tertiary/aromatic N) is 1. The average molecular weight is 269 g/mol. The van der Waals surface area contributed by atoms with E-state index in [0.29, 0.717) is 6.54 Å². The molecule has 3 nitrogen and oxygen atoms in total. The van der Waals surface area contributed by atoms with Gasteiger partial charge in [0.05, 0.1) is 12.1 Å². The van der Waals surface area contributed by atoms with Gasteiger partial charge in [0.15, 0.2) is 17.4 Å². The maximum absolute atomic E-state index is 13.1. The molecule has 104 valence electrons. The third kappa shape index (κ3) is 2.98. The van der Waals surface area contributed by atoms with Gasteiger partial charge in [-0.2, -0.15) is 0 Å². The molecule has 1 saturated heterocycles. The lowest BCUT2D eigenvalue weighted by atomic mass is 10.0. The topological polar surface area (TPSA) is 29.5 Å². The minimum atomic E-state index is -0.991. The van der Waals surface area contributed by atoms with Crippen LogP contribution >= 0.6 is 0 Å². The van der Waals surface area contributed by atoms with E-state index in [0.717, 1.165) is 25.1 Å². The van der Waals surface area contributed by atoms with E-state index in [1.54, 1.807) is 14.0 Å². The number of ketones is 1. The smallest absolute Gasteiger partial charge is 0.179 e. The van der Waals surface area contributed by atoms with Gasteiger partial charge < -0.3 is 4.74 Å². The number of halogens is 2. The van der Waals surface area contributed by atoms with Crippen LogP contribution < -0.4 is 0 Å². The lowest BCUT2D eigenvalue weighted by Gasteiger charge is -2.23. The normalized spacial score (nSPS) is 21.6. The Morgan fingerprint density at radius 1 is 1.42 bits per heavy atom. The van der Waals surface area contributed by atoms with Gasteiger partial charge in [-0.05, 0) is 31.5 Å². The van der Waals surface area contributed by atoms with E-state index in [4.69, 9.17) is 4.74 Å². The fourth-order valence-electron chi connectivity index (χ4n) is 2.35. The van der Waals surface area contributed by atoms with Gasteiger partial charge in [-0.25, -0.2) is 8.78 Å². The zero-order valence-electron chi connectivity index (χ0n) is 11.0. The number of carbonyl (C=O) groups is 1. The second-order valence-corrected chi connectivity index (χ2v) is 4.81. The Hall–Kier alpha value is -1.33. The Morgan fingerprint density at radius 2 is 2.16 bits per heavy atom. The summed E-state index contributed by atoms with van der Waals surface area (Å²) in [7, 11) is 1.65. The van der Waals surface area contributed by atoms with Crippen LogP contribution in [-0.2, 0) is 4.74 Å². The summed E-state index contributed by atoms with van der Waals surface area (Å²) < 4.78 is 31.2. The van der Waals surface area contributed by atoms with Crippen molar-refractivity contribution in [2.45, 2.75) is 25.5 Å². The maximum Gasteiger partial charge on any atom is 0.179 e. The van der Waals surface area contributed by atoms with Crippen molar-refractivity contribution in [2.24, 2.45) is 0 Å². The first-order valence-electron chi connectivity index (χ1n) is 6.29. The number of Topliss-reactive ketones (excluding diaryl/α,β-unsaturated/α-hetero) is 1. The minimum Gasteiger partial charge on any atom is -0.380 e. The third-order valence-electron chi connectivity index (χ3n) is 3.64. The van der Waals surface area contributed by atoms with Crippen LogP contribution in [0.5, 0.6) is 0 Å². The largest absolute Gasteiger partial charge is 0.380 e. The van der Waals surface area contributed by atoms with E-state index in [9.17, 15) is 13.6 Å². The second kappa shape index (κ2) is 5.75. The first kappa shape index (κ1) is 14.1. The van der Waals surface area contributed by atoms with Gasteiger partial charge in [0.1, 0.15) is 0 Å². The van der Waals surface area contributed by atoms with Gasteiger partial charge in [0.25, 0.3) is 0 Å². The summed E-state index contributed by atoms with van der Waals surface area (Å²) in [5.74, 6) is -2.13. The Bertz CT molecular complexity index is 479. The molecule has 0 bridgehead atoms. The van der Waals surface area contributed by atoms with Crippen molar-refractivity contribution in [3.8, 4) is 0 Å². The predicted molar refractivity (Wildman–Crippen MR) is 67.1 cm³/mol. The van der Waals surface area contributed by atoms with Gasteiger partial charge in [-0.1, -0.05) is 0 Å². The number of carbonyl (C=O) groups excluding carboxylic acids is 1. The van der Waals surface area contributed by atoms with E-state index >= 15 is 0 Å². The first-order valence-corrected chi connectivity index (χ1v) is 6.29. The molecule has 1 aromatic rings. The van der Waals surface area contributed by atoms with E-state index in [-0.39, 0.29) is 23.5 Å². The molecule has 1 aromatic carbocycles. The molecule has 0 spiro atoms. The molecule has 2 unspecified atom stereocenters. The number of likely N-dealkylation sites (tertiary alicyclic amines) is 1. The predicted octanol–water partition coefficient (Wildman–Crippen LogP) is 2.26. The molecule has 0 radical (unpaired) electrons. The van der Waals surface area contributed by atoms with Crippen molar-refractivity contribution in [3.63, 3.8) is 0 Å². The summed E-state index contributed by atoms with van der Waals surface area (Å²) >= 11 is 0. The van der Waals surface area contributed by atoms with E-state index in [2.05, 4.69) is 0 Å². The van der Waals surface area contributed by atoms with Gasteiger partial charge in [0, 0.05) is 25.8 Å². The average Bonchev–Trinajstić information content (AvgIpc) is 2.89. The molecule has 1 aliphatic heterocycles.